The van der Waals surface area contributed by atoms with Gasteiger partial charge in [0, 0.05) is 0 Å². The molecule has 21 heavy (non-hydrogen) atoms. The van der Waals surface area contributed by atoms with Gasteiger partial charge in [0.15, 0.2) is 0 Å². The monoisotopic (exact) mass is 304 g/mol. The van der Waals surface area contributed by atoms with Crippen molar-refractivity contribution < 1.29 is 24.0 Å². The average molecular weight is 304 g/mol. The van der Waals surface area contributed by atoms with E-state index in [1.165, 1.54) is 18.2 Å². The van der Waals surface area contributed by atoms with E-state index in [0.717, 1.165) is 5.56 Å². The first-order valence-corrected chi connectivity index (χ1v) is 7.34. The maximum absolute atomic E-state index is 12.4. The van der Waals surface area contributed by atoms with Crippen molar-refractivity contribution in [2.24, 2.45) is 0 Å². The lowest BCUT2D eigenvalue weighted by atomic mass is 10.1. The van der Waals surface area contributed by atoms with Crippen LogP contribution in [-0.4, -0.2) is 26.4 Å². The van der Waals surface area contributed by atoms with E-state index >= 15 is 0 Å². The summed E-state index contributed by atoms with van der Waals surface area (Å²) in [5, 5.41) is 18.3. The van der Waals surface area contributed by atoms with Crippen LogP contribution in [0, 0.1) is 0 Å². The molecule has 0 amide bonds. The van der Waals surface area contributed by atoms with E-state index in [4.69, 9.17) is 10.2 Å². The van der Waals surface area contributed by atoms with Gasteiger partial charge in [-0.05, 0) is 17.7 Å². The lowest BCUT2D eigenvalue weighted by Crippen LogP contribution is -2.12. The molecule has 108 valence electrons. The quantitative estimate of drug-likeness (QED) is 0.885. The fraction of sp³-hybridized carbons (Fsp3) is 0.0667. The normalized spacial score (nSPS) is 11.8. The summed E-state index contributed by atoms with van der Waals surface area (Å²) in [6.07, 6.45) is 0. The molecule has 0 heterocycles. The highest BCUT2D eigenvalue weighted by Gasteiger charge is 2.22. The van der Waals surface area contributed by atoms with Crippen molar-refractivity contribution in [2.75, 3.05) is 0 Å². The molecule has 2 aromatic carbocycles. The van der Waals surface area contributed by atoms with Gasteiger partial charge in [0.25, 0.3) is 0 Å². The second-order valence-corrected chi connectivity index (χ2v) is 5.66. The number of carboxylic acids is 2. The molecule has 0 radical (unpaired) electrons. The summed E-state index contributed by atoms with van der Waals surface area (Å²) in [4.78, 5) is 22.3. The zero-order valence-corrected chi connectivity index (χ0v) is 11.7. The number of benzene rings is 2. The average Bonchev–Trinajstić information content (AvgIpc) is 2.47. The zero-order valence-electron chi connectivity index (χ0n) is 10.9. The minimum absolute atomic E-state index is 0.0609. The third-order valence-corrected chi connectivity index (χ3v) is 4.33. The van der Waals surface area contributed by atoms with E-state index in [2.05, 4.69) is 0 Å². The van der Waals surface area contributed by atoms with E-state index in [1.54, 1.807) is 30.3 Å². The Bertz CT molecular complexity index is 677. The third-order valence-electron chi connectivity index (χ3n) is 2.84. The smallest absolute Gasteiger partial charge is 0.336 e. The summed E-state index contributed by atoms with van der Waals surface area (Å²) < 4.78 is 12.4. The molecule has 0 unspecified atom stereocenters. The van der Waals surface area contributed by atoms with Gasteiger partial charge in [0.2, 0.25) is 0 Å². The first-order valence-electron chi connectivity index (χ1n) is 6.02. The SMILES string of the molecule is O=C(O)c1cccc(C(=O)O)c1[S@](=O)Cc1ccccc1. The molecule has 1 atom stereocenters. The van der Waals surface area contributed by atoms with Crippen LogP contribution in [0.5, 0.6) is 0 Å². The highest BCUT2D eigenvalue weighted by atomic mass is 32.2. The van der Waals surface area contributed by atoms with Crippen molar-refractivity contribution in [1.29, 1.82) is 0 Å². The Kier molecular flexibility index (Phi) is 4.49. The molecule has 0 aliphatic carbocycles. The molecule has 0 aromatic heterocycles. The summed E-state index contributed by atoms with van der Waals surface area (Å²) in [5.41, 5.74) is 0.251. The van der Waals surface area contributed by atoms with Gasteiger partial charge in [-0.2, -0.15) is 0 Å². The minimum Gasteiger partial charge on any atom is -0.478 e. The van der Waals surface area contributed by atoms with Gasteiger partial charge in [-0.15, -0.1) is 0 Å². The number of carbonyl (C=O) groups is 2. The Labute approximate surface area is 123 Å². The molecule has 0 saturated heterocycles. The molecule has 0 aliphatic heterocycles. The summed E-state index contributed by atoms with van der Waals surface area (Å²) in [6, 6.07) is 12.7. The van der Waals surface area contributed by atoms with Gasteiger partial charge < -0.3 is 10.2 Å². The molecule has 0 bridgehead atoms. The number of carboxylic acid groups (broad SMARTS) is 2. The van der Waals surface area contributed by atoms with Crippen LogP contribution in [0.3, 0.4) is 0 Å². The molecule has 6 heteroatoms. The minimum atomic E-state index is -1.76. The number of hydrogen-bond donors (Lipinski definition) is 2. The predicted octanol–water partition coefficient (Wildman–Crippen LogP) is 2.39. The summed E-state index contributed by atoms with van der Waals surface area (Å²) in [5.74, 6) is -2.53. The molecular weight excluding hydrogens is 292 g/mol. The fourth-order valence-corrected chi connectivity index (χ4v) is 3.36. The number of hydrogen-bond acceptors (Lipinski definition) is 3. The van der Waals surface area contributed by atoms with Crippen LogP contribution >= 0.6 is 0 Å². The van der Waals surface area contributed by atoms with Gasteiger partial charge in [-0.1, -0.05) is 36.4 Å². The van der Waals surface area contributed by atoms with Crippen LogP contribution in [0.2, 0.25) is 0 Å². The molecular formula is C15H12O5S. The lowest BCUT2D eigenvalue weighted by molar-refractivity contribution is 0.0690. The number of rotatable bonds is 5. The third kappa shape index (κ3) is 3.35. The molecule has 5 nitrogen and oxygen atoms in total. The van der Waals surface area contributed by atoms with Gasteiger partial charge in [-0.25, -0.2) is 9.59 Å². The standard InChI is InChI=1S/C15H12O5S/c16-14(17)11-7-4-8-12(15(18)19)13(11)21(20)9-10-5-2-1-3-6-10/h1-8H,9H2,(H,16,17)(H,18,19)/t21-/m1/s1. The van der Waals surface area contributed by atoms with E-state index in [0.29, 0.717) is 0 Å². The van der Waals surface area contributed by atoms with Gasteiger partial charge in [0.05, 0.1) is 32.6 Å². The molecule has 0 spiro atoms. The van der Waals surface area contributed by atoms with E-state index < -0.39 is 22.7 Å². The molecule has 0 aliphatic rings. The van der Waals surface area contributed by atoms with Gasteiger partial charge in [-0.3, -0.25) is 4.21 Å². The van der Waals surface area contributed by atoms with Crippen molar-refractivity contribution in [3.8, 4) is 0 Å². The van der Waals surface area contributed by atoms with Crippen molar-refractivity contribution in [1.82, 2.24) is 0 Å². The Morgan fingerprint density at radius 1 is 0.857 bits per heavy atom. The zero-order chi connectivity index (χ0) is 15.4. The Morgan fingerprint density at radius 2 is 1.38 bits per heavy atom. The first kappa shape index (κ1) is 14.9. The maximum atomic E-state index is 12.4. The second-order valence-electron chi connectivity index (χ2n) is 4.27. The predicted molar refractivity (Wildman–Crippen MR) is 76.9 cm³/mol. The maximum Gasteiger partial charge on any atom is 0.336 e. The largest absolute Gasteiger partial charge is 0.478 e. The molecule has 2 aromatic rings. The number of aromatic carboxylic acids is 2. The Hall–Kier alpha value is -2.47. The molecule has 0 saturated carbocycles. The van der Waals surface area contributed by atoms with Crippen LogP contribution in [0.15, 0.2) is 53.4 Å². The molecule has 2 N–H and O–H groups in total. The summed E-state index contributed by atoms with van der Waals surface area (Å²) >= 11 is 0. The van der Waals surface area contributed by atoms with E-state index in [-0.39, 0.29) is 21.8 Å². The summed E-state index contributed by atoms with van der Waals surface area (Å²) in [7, 11) is -1.76. The van der Waals surface area contributed by atoms with Crippen LogP contribution < -0.4 is 0 Å². The van der Waals surface area contributed by atoms with Gasteiger partial charge >= 0.3 is 11.9 Å². The topological polar surface area (TPSA) is 91.7 Å². The van der Waals surface area contributed by atoms with E-state index in [9.17, 15) is 13.8 Å². The van der Waals surface area contributed by atoms with Gasteiger partial charge in [0.1, 0.15) is 0 Å². The lowest BCUT2D eigenvalue weighted by Gasteiger charge is -2.09. The fourth-order valence-electron chi connectivity index (χ4n) is 1.92. The Morgan fingerprint density at radius 3 is 1.86 bits per heavy atom. The highest BCUT2D eigenvalue weighted by molar-refractivity contribution is 7.84. The first-order chi connectivity index (χ1) is 10.0. The van der Waals surface area contributed by atoms with Crippen molar-refractivity contribution in [3.63, 3.8) is 0 Å². The van der Waals surface area contributed by atoms with Crippen LogP contribution in [0.25, 0.3) is 0 Å². The molecule has 0 fully saturated rings. The summed E-state index contributed by atoms with van der Waals surface area (Å²) in [6.45, 7) is 0. The highest BCUT2D eigenvalue weighted by Crippen LogP contribution is 2.22. The van der Waals surface area contributed by atoms with Crippen LogP contribution in [0.4, 0.5) is 0 Å². The van der Waals surface area contributed by atoms with Crippen molar-refractivity contribution in [2.45, 2.75) is 10.6 Å². The van der Waals surface area contributed by atoms with Crippen LogP contribution in [-0.2, 0) is 16.6 Å². The molecule has 2 rings (SSSR count). The van der Waals surface area contributed by atoms with Crippen LogP contribution in [0.1, 0.15) is 26.3 Å². The Balaban J connectivity index is 2.48. The van der Waals surface area contributed by atoms with E-state index in [1.807, 2.05) is 0 Å². The second kappa shape index (κ2) is 6.32. The van der Waals surface area contributed by atoms with Crippen molar-refractivity contribution in [3.05, 3.63) is 65.2 Å². The van der Waals surface area contributed by atoms with Crippen molar-refractivity contribution >= 4 is 22.7 Å².